The maximum absolute atomic E-state index is 9.92. The van der Waals surface area contributed by atoms with Crippen LogP contribution < -0.4 is 0 Å². The van der Waals surface area contributed by atoms with Crippen LogP contribution in [-0.4, -0.2) is 0 Å². The van der Waals surface area contributed by atoms with E-state index in [4.69, 9.17) is 11.6 Å². The number of nitrogens with zero attached hydrogens (tertiary/aromatic N) is 1. The lowest BCUT2D eigenvalue weighted by Gasteiger charge is -1.91. The Bertz CT molecular complexity index is 220. The fourth-order valence-electron chi connectivity index (χ4n) is 0.646. The quantitative estimate of drug-likeness (QED) is 0.477. The lowest BCUT2D eigenvalue weighted by atomic mass is 10.2. The van der Waals surface area contributed by atoms with Gasteiger partial charge in [0.1, 0.15) is 5.69 Å². The van der Waals surface area contributed by atoms with Crippen molar-refractivity contribution in [3.05, 3.63) is 34.7 Å². The highest BCUT2D eigenvalue weighted by Gasteiger charge is 1.90. The Balaban J connectivity index is 2.90. The van der Waals surface area contributed by atoms with Crippen molar-refractivity contribution in [3.63, 3.8) is 0 Å². The summed E-state index contributed by atoms with van der Waals surface area (Å²) < 4.78 is 0. The molecule has 0 radical (unpaired) electrons. The highest BCUT2D eigenvalue weighted by atomic mass is 35.5. The molecule has 0 aromatic heterocycles. The minimum atomic E-state index is 0.439. The second-order valence-corrected chi connectivity index (χ2v) is 2.16. The molecule has 52 valence electrons. The van der Waals surface area contributed by atoms with Gasteiger partial charge in [0.15, 0.2) is 0 Å². The van der Waals surface area contributed by atoms with Crippen LogP contribution in [-0.2, 0) is 5.88 Å². The van der Waals surface area contributed by atoms with Crippen molar-refractivity contribution in [2.75, 3.05) is 0 Å². The van der Waals surface area contributed by atoms with E-state index in [-0.39, 0.29) is 0 Å². The lowest BCUT2D eigenvalue weighted by Crippen LogP contribution is -1.73. The maximum atomic E-state index is 9.92. The number of rotatable bonds is 2. The first-order valence-corrected chi connectivity index (χ1v) is 3.38. The molecule has 1 aromatic carbocycles. The molecule has 1 aromatic rings. The number of hydrogen-bond acceptors (Lipinski definition) is 2. The summed E-state index contributed by atoms with van der Waals surface area (Å²) in [4.78, 5) is 9.92. The van der Waals surface area contributed by atoms with Crippen molar-refractivity contribution in [1.82, 2.24) is 0 Å². The van der Waals surface area contributed by atoms with Crippen LogP contribution in [0.3, 0.4) is 0 Å². The van der Waals surface area contributed by atoms with Gasteiger partial charge in [-0.25, -0.2) is 0 Å². The third-order valence-corrected chi connectivity index (χ3v) is 1.50. The van der Waals surface area contributed by atoms with Crippen molar-refractivity contribution in [2.24, 2.45) is 5.18 Å². The fraction of sp³-hybridized carbons (Fsp3) is 0.143. The second kappa shape index (κ2) is 3.32. The minimum Gasteiger partial charge on any atom is -0.145 e. The van der Waals surface area contributed by atoms with Crippen molar-refractivity contribution in [3.8, 4) is 0 Å². The molecule has 3 heteroatoms. The first-order chi connectivity index (χ1) is 4.86. The van der Waals surface area contributed by atoms with Gasteiger partial charge >= 0.3 is 0 Å². The molecule has 2 nitrogen and oxygen atoms in total. The molecular weight excluding hydrogens is 150 g/mol. The number of halogens is 1. The second-order valence-electron chi connectivity index (χ2n) is 1.89. The number of benzene rings is 1. The smallest absolute Gasteiger partial charge is 0.108 e. The molecule has 0 spiro atoms. The summed E-state index contributed by atoms with van der Waals surface area (Å²) in [5.74, 6) is 0.471. The van der Waals surface area contributed by atoms with Gasteiger partial charge in [-0.15, -0.1) is 16.5 Å². The molecule has 0 heterocycles. The van der Waals surface area contributed by atoms with Crippen LogP contribution in [0.2, 0.25) is 0 Å². The SMILES string of the molecule is O=Nc1ccc(CCl)cc1. The monoisotopic (exact) mass is 155 g/mol. The van der Waals surface area contributed by atoms with Gasteiger partial charge in [-0.05, 0) is 22.9 Å². The van der Waals surface area contributed by atoms with Crippen LogP contribution in [0.25, 0.3) is 0 Å². The fourth-order valence-corrected chi connectivity index (χ4v) is 0.824. The molecule has 0 amide bonds. The van der Waals surface area contributed by atoms with Crippen molar-refractivity contribution >= 4 is 17.3 Å². The predicted octanol–water partition coefficient (Wildman–Crippen LogP) is 2.82. The average Bonchev–Trinajstić information content (AvgIpc) is 2.05. The van der Waals surface area contributed by atoms with Gasteiger partial charge in [-0.1, -0.05) is 12.1 Å². The zero-order valence-corrected chi connectivity index (χ0v) is 6.01. The summed E-state index contributed by atoms with van der Waals surface area (Å²) in [7, 11) is 0. The maximum Gasteiger partial charge on any atom is 0.108 e. The topological polar surface area (TPSA) is 29.4 Å². The van der Waals surface area contributed by atoms with Crippen molar-refractivity contribution < 1.29 is 0 Å². The third kappa shape index (κ3) is 1.54. The molecule has 0 aliphatic rings. The van der Waals surface area contributed by atoms with E-state index in [0.29, 0.717) is 11.6 Å². The number of hydrogen-bond donors (Lipinski definition) is 0. The number of alkyl halides is 1. The Kier molecular flexibility index (Phi) is 2.40. The summed E-state index contributed by atoms with van der Waals surface area (Å²) in [5, 5.41) is 2.75. The summed E-state index contributed by atoms with van der Waals surface area (Å²) in [6, 6.07) is 6.85. The summed E-state index contributed by atoms with van der Waals surface area (Å²) >= 11 is 5.51. The molecule has 0 fully saturated rings. The van der Waals surface area contributed by atoms with Crippen LogP contribution in [0.1, 0.15) is 5.56 Å². The van der Waals surface area contributed by atoms with E-state index in [1.54, 1.807) is 24.3 Å². The van der Waals surface area contributed by atoms with E-state index >= 15 is 0 Å². The standard InChI is InChI=1S/C7H6ClNO/c8-5-6-1-3-7(9-10)4-2-6/h1-4H,5H2. The van der Waals surface area contributed by atoms with Crippen LogP contribution >= 0.6 is 11.6 Å². The van der Waals surface area contributed by atoms with Gasteiger partial charge in [0.05, 0.1) is 0 Å². The normalized spacial score (nSPS) is 9.30. The first-order valence-electron chi connectivity index (χ1n) is 2.85. The van der Waals surface area contributed by atoms with Gasteiger partial charge in [-0.2, -0.15) is 0 Å². The average molecular weight is 156 g/mol. The Morgan fingerprint density at radius 1 is 1.30 bits per heavy atom. The molecule has 0 unspecified atom stereocenters. The van der Waals surface area contributed by atoms with E-state index in [2.05, 4.69) is 5.18 Å². The summed E-state index contributed by atoms with van der Waals surface area (Å²) in [6.07, 6.45) is 0. The molecule has 1 rings (SSSR count). The first kappa shape index (κ1) is 7.22. The molecule has 0 saturated carbocycles. The van der Waals surface area contributed by atoms with E-state index in [0.717, 1.165) is 5.56 Å². The number of nitroso groups, excluding NO2 is 1. The Morgan fingerprint density at radius 2 is 1.90 bits per heavy atom. The zero-order valence-electron chi connectivity index (χ0n) is 5.25. The molecule has 0 aliphatic heterocycles. The molecule has 0 bridgehead atoms. The van der Waals surface area contributed by atoms with Gasteiger partial charge in [-0.3, -0.25) is 0 Å². The van der Waals surface area contributed by atoms with Crippen LogP contribution in [0, 0.1) is 4.91 Å². The van der Waals surface area contributed by atoms with Gasteiger partial charge in [0.25, 0.3) is 0 Å². The largest absolute Gasteiger partial charge is 0.145 e. The Hall–Kier alpha value is -0.890. The molecule has 10 heavy (non-hydrogen) atoms. The van der Waals surface area contributed by atoms with Crippen molar-refractivity contribution in [2.45, 2.75) is 5.88 Å². The highest BCUT2D eigenvalue weighted by Crippen LogP contribution is 2.12. The minimum absolute atomic E-state index is 0.439. The Labute approximate surface area is 63.8 Å². The van der Waals surface area contributed by atoms with Gasteiger partial charge in [0.2, 0.25) is 0 Å². The summed E-state index contributed by atoms with van der Waals surface area (Å²) in [6.45, 7) is 0. The van der Waals surface area contributed by atoms with E-state index in [9.17, 15) is 4.91 Å². The van der Waals surface area contributed by atoms with Crippen LogP contribution in [0.4, 0.5) is 5.69 Å². The molecule has 0 aliphatic carbocycles. The Morgan fingerprint density at radius 3 is 2.30 bits per heavy atom. The zero-order chi connectivity index (χ0) is 7.40. The van der Waals surface area contributed by atoms with Crippen LogP contribution in [0.5, 0.6) is 0 Å². The molecule has 0 saturated heterocycles. The van der Waals surface area contributed by atoms with E-state index < -0.39 is 0 Å². The highest BCUT2D eigenvalue weighted by molar-refractivity contribution is 6.17. The third-order valence-electron chi connectivity index (χ3n) is 1.20. The van der Waals surface area contributed by atoms with Crippen LogP contribution in [0.15, 0.2) is 29.4 Å². The van der Waals surface area contributed by atoms with Gasteiger partial charge < -0.3 is 0 Å². The van der Waals surface area contributed by atoms with Gasteiger partial charge in [0, 0.05) is 5.88 Å². The van der Waals surface area contributed by atoms with Crippen molar-refractivity contribution in [1.29, 1.82) is 0 Å². The molecule has 0 N–H and O–H groups in total. The predicted molar refractivity (Wildman–Crippen MR) is 41.5 cm³/mol. The van der Waals surface area contributed by atoms with E-state index in [1.165, 1.54) is 0 Å². The lowest BCUT2D eigenvalue weighted by molar-refractivity contribution is 1.38. The van der Waals surface area contributed by atoms with E-state index in [1.807, 2.05) is 0 Å². The summed E-state index contributed by atoms with van der Waals surface area (Å²) in [5.41, 5.74) is 1.43. The molecular formula is C7H6ClNO. The molecule has 0 atom stereocenters.